The van der Waals surface area contributed by atoms with E-state index in [4.69, 9.17) is 4.74 Å². The smallest absolute Gasteiger partial charge is 0.241 e. The van der Waals surface area contributed by atoms with Gasteiger partial charge in [0.15, 0.2) is 11.5 Å². The Morgan fingerprint density at radius 3 is 2.09 bits per heavy atom. The van der Waals surface area contributed by atoms with Gasteiger partial charge >= 0.3 is 0 Å². The summed E-state index contributed by atoms with van der Waals surface area (Å²) >= 11 is 0. The summed E-state index contributed by atoms with van der Waals surface area (Å²) in [5, 5.41) is 19.3. The van der Waals surface area contributed by atoms with Gasteiger partial charge in [-0.25, -0.2) is 4.90 Å². The van der Waals surface area contributed by atoms with E-state index < -0.39 is 35.0 Å². The van der Waals surface area contributed by atoms with Crippen molar-refractivity contribution in [3.05, 3.63) is 114 Å². The number of para-hydroxylation sites is 1. The Morgan fingerprint density at radius 1 is 0.796 bits per heavy atom. The second kappa shape index (κ2) is 13.4. The second-order valence-corrected chi connectivity index (χ2v) is 14.8. The Kier molecular flexibility index (Phi) is 8.67. The number of hydrogen-bond donors (Lipinski definition) is 1. The Balaban J connectivity index is 1.13. The number of rotatable bonds is 8. The van der Waals surface area contributed by atoms with Crippen molar-refractivity contribution in [1.82, 2.24) is 0 Å². The molecule has 2 heterocycles. The molecule has 11 heteroatoms. The van der Waals surface area contributed by atoms with Crippen molar-refractivity contribution in [3.63, 3.8) is 0 Å². The van der Waals surface area contributed by atoms with Crippen LogP contribution in [0.2, 0.25) is 0 Å². The molecule has 0 aromatic heterocycles. The molecule has 11 nitrogen and oxygen atoms in total. The maximum Gasteiger partial charge on any atom is 0.241 e. The summed E-state index contributed by atoms with van der Waals surface area (Å²) in [7, 11) is 3.93. The molecule has 2 saturated heterocycles. The lowest BCUT2D eigenvalue weighted by molar-refractivity contribution is -0.131. The number of ether oxygens (including phenoxy) is 1. The summed E-state index contributed by atoms with van der Waals surface area (Å²) in [4.78, 5) is 62.2. The number of nitrogens with zero attached hydrogens (tertiary/aromatic N) is 5. The fraction of sp³-hybridized carbons (Fsp3) is 0.302. The molecule has 54 heavy (non-hydrogen) atoms. The van der Waals surface area contributed by atoms with Crippen LogP contribution in [0, 0.1) is 29.1 Å². The molecule has 4 aromatic rings. The maximum atomic E-state index is 14.6. The number of carbonyl (C=O) groups is 4. The van der Waals surface area contributed by atoms with Gasteiger partial charge in [0.05, 0.1) is 52.5 Å². The summed E-state index contributed by atoms with van der Waals surface area (Å²) < 4.78 is 5.76. The average molecular weight is 724 g/mol. The highest BCUT2D eigenvalue weighted by molar-refractivity contribution is 6.25. The van der Waals surface area contributed by atoms with Crippen LogP contribution in [0.3, 0.4) is 0 Å². The minimum absolute atomic E-state index is 0.0366. The monoisotopic (exact) mass is 723 g/mol. The lowest BCUT2D eigenvalue weighted by atomic mass is 9.51. The lowest BCUT2D eigenvalue weighted by Gasteiger charge is -2.49. The van der Waals surface area contributed by atoms with Gasteiger partial charge in [-0.05, 0) is 111 Å². The molecule has 0 unspecified atom stereocenters. The molecule has 274 valence electrons. The molecule has 0 bridgehead atoms. The highest BCUT2D eigenvalue weighted by Crippen LogP contribution is 2.64. The third kappa shape index (κ3) is 5.48. The first kappa shape index (κ1) is 35.0. The molecular weight excluding hydrogens is 683 g/mol. The van der Waals surface area contributed by atoms with Crippen LogP contribution in [0.1, 0.15) is 38.2 Å². The van der Waals surface area contributed by atoms with Crippen molar-refractivity contribution in [2.24, 2.45) is 39.3 Å². The fourth-order valence-corrected chi connectivity index (χ4v) is 9.06. The van der Waals surface area contributed by atoms with E-state index in [1.807, 2.05) is 69.3 Å². The normalized spacial score (nSPS) is 26.1. The molecule has 3 fully saturated rings. The average Bonchev–Trinajstić information content (AvgIpc) is 3.55. The van der Waals surface area contributed by atoms with Crippen molar-refractivity contribution >= 4 is 52.1 Å². The number of amides is 4. The molecule has 6 atom stereocenters. The zero-order valence-corrected chi connectivity index (χ0v) is 30.5. The van der Waals surface area contributed by atoms with E-state index in [2.05, 4.69) is 10.2 Å². The Bertz CT molecular complexity index is 2220. The van der Waals surface area contributed by atoms with Crippen molar-refractivity contribution in [3.8, 4) is 11.5 Å². The van der Waals surface area contributed by atoms with Gasteiger partial charge in [0.2, 0.25) is 23.6 Å². The van der Waals surface area contributed by atoms with Gasteiger partial charge in [-0.2, -0.15) is 10.2 Å². The van der Waals surface area contributed by atoms with Crippen molar-refractivity contribution < 1.29 is 29.0 Å². The van der Waals surface area contributed by atoms with Crippen LogP contribution in [0.25, 0.3) is 0 Å². The molecule has 1 saturated carbocycles. The van der Waals surface area contributed by atoms with Crippen molar-refractivity contribution in [2.75, 3.05) is 35.4 Å². The third-order valence-electron chi connectivity index (χ3n) is 11.7. The van der Waals surface area contributed by atoms with Gasteiger partial charge in [-0.15, -0.1) is 0 Å². The molecular formula is C43H41N5O6. The minimum atomic E-state index is -1.20. The summed E-state index contributed by atoms with van der Waals surface area (Å²) in [6, 6.07) is 28.5. The van der Waals surface area contributed by atoms with Crippen molar-refractivity contribution in [2.45, 2.75) is 32.6 Å². The molecule has 2 aliphatic carbocycles. The number of aromatic hydroxyl groups is 1. The van der Waals surface area contributed by atoms with Gasteiger partial charge in [0.1, 0.15) is 0 Å². The number of phenols is 1. The number of phenolic OH excluding ortho intramolecular Hbond substituents is 1. The molecule has 0 spiro atoms. The third-order valence-corrected chi connectivity index (χ3v) is 11.7. The molecule has 4 aliphatic rings. The van der Waals surface area contributed by atoms with Crippen LogP contribution in [-0.4, -0.2) is 49.4 Å². The standard InChI is InChI=1S/C43H41N5O6/c1-5-54-36-23-25(11-22-35(36)49)38-31-20-21-32-37(33(31)24-34-40(51)48(42(53)43(34,38)2)29-9-7-6-8-10-29)41(52)47(39(32)50)30-18-14-27(15-19-30)45-44-26-12-16-28(17-13-26)46(3)4/h6-20,22-23,32-34,37-38,49H,5,21,24H2,1-4H3/t32-,33+,34-,37-,38-,43+/m0/s1. The highest BCUT2D eigenvalue weighted by Gasteiger charge is 2.67. The molecule has 4 amide bonds. The molecule has 2 aliphatic heterocycles. The van der Waals surface area contributed by atoms with Gasteiger partial charge in [0, 0.05) is 25.7 Å². The van der Waals surface area contributed by atoms with Crippen molar-refractivity contribution in [1.29, 1.82) is 0 Å². The summed E-state index contributed by atoms with van der Waals surface area (Å²) in [6.45, 7) is 3.98. The van der Waals surface area contributed by atoms with E-state index in [0.29, 0.717) is 41.3 Å². The van der Waals surface area contributed by atoms with E-state index in [1.54, 1.807) is 66.7 Å². The molecule has 4 aromatic carbocycles. The van der Waals surface area contributed by atoms with E-state index in [-0.39, 0.29) is 41.5 Å². The zero-order chi connectivity index (χ0) is 37.9. The van der Waals surface area contributed by atoms with Gasteiger partial charge in [0.25, 0.3) is 0 Å². The summed E-state index contributed by atoms with van der Waals surface area (Å²) in [5.74, 6) is -4.21. The number of imide groups is 2. The highest BCUT2D eigenvalue weighted by atomic mass is 16.5. The van der Waals surface area contributed by atoms with Crippen LogP contribution in [0.15, 0.2) is 119 Å². The number of benzene rings is 4. The first-order valence-electron chi connectivity index (χ1n) is 18.3. The number of hydrogen-bond acceptors (Lipinski definition) is 9. The van der Waals surface area contributed by atoms with Crippen LogP contribution >= 0.6 is 0 Å². The number of carbonyl (C=O) groups excluding carboxylic acids is 4. The quantitative estimate of drug-likeness (QED) is 0.112. The predicted molar refractivity (Wildman–Crippen MR) is 204 cm³/mol. The Labute approximate surface area is 313 Å². The van der Waals surface area contributed by atoms with Crippen LogP contribution < -0.4 is 19.4 Å². The van der Waals surface area contributed by atoms with Gasteiger partial charge < -0.3 is 14.7 Å². The zero-order valence-electron chi connectivity index (χ0n) is 30.5. The van der Waals surface area contributed by atoms with E-state index in [9.17, 15) is 24.3 Å². The summed E-state index contributed by atoms with van der Waals surface area (Å²) in [6.07, 6.45) is 2.57. The topological polar surface area (TPSA) is 132 Å². The van der Waals surface area contributed by atoms with Gasteiger partial charge in [-0.3, -0.25) is 24.1 Å². The largest absolute Gasteiger partial charge is 0.504 e. The van der Waals surface area contributed by atoms with E-state index >= 15 is 0 Å². The summed E-state index contributed by atoms with van der Waals surface area (Å²) in [5.41, 5.74) is 3.59. The second-order valence-electron chi connectivity index (χ2n) is 14.8. The fourth-order valence-electron chi connectivity index (χ4n) is 9.06. The number of anilines is 3. The van der Waals surface area contributed by atoms with Crippen LogP contribution in [0.5, 0.6) is 11.5 Å². The Hall–Kier alpha value is -6.10. The molecule has 8 rings (SSSR count). The SMILES string of the molecule is CCOc1cc([C@H]2C3=CC[C@@H]4C(=O)N(c5ccc(N=Nc6ccc(N(C)C)cc6)cc5)C(=O)[C@@H]4[C@@H]3C[C@H]3C(=O)N(c4ccccc4)C(=O)[C@@]23C)ccc1O. The van der Waals surface area contributed by atoms with E-state index in [0.717, 1.165) is 11.3 Å². The molecule has 0 radical (unpaired) electrons. The number of fused-ring (bicyclic) bond motifs is 4. The van der Waals surface area contributed by atoms with Crippen LogP contribution in [0.4, 0.5) is 28.4 Å². The minimum Gasteiger partial charge on any atom is -0.504 e. The predicted octanol–water partition coefficient (Wildman–Crippen LogP) is 7.71. The Morgan fingerprint density at radius 2 is 1.44 bits per heavy atom. The van der Waals surface area contributed by atoms with E-state index in [1.165, 1.54) is 9.80 Å². The van der Waals surface area contributed by atoms with Crippen LogP contribution in [-0.2, 0) is 19.2 Å². The number of allylic oxidation sites excluding steroid dienone is 2. The lowest BCUT2D eigenvalue weighted by Crippen LogP contribution is -2.48. The molecule has 1 N–H and O–H groups in total. The maximum absolute atomic E-state index is 14.6. The number of azo groups is 1. The first-order valence-corrected chi connectivity index (χ1v) is 18.3. The first-order chi connectivity index (χ1) is 26.0. The van der Waals surface area contributed by atoms with Gasteiger partial charge in [-0.1, -0.05) is 35.9 Å².